The average Bonchev–Trinajstić information content (AvgIpc) is 2.54. The number of rotatable bonds is 6. The number of nitrogens with one attached hydrogen (secondary N) is 1. The molecule has 0 spiro atoms. The van der Waals surface area contributed by atoms with E-state index >= 15 is 0 Å². The van der Waals surface area contributed by atoms with Gasteiger partial charge in [-0.05, 0) is 24.6 Å². The van der Waals surface area contributed by atoms with Crippen molar-refractivity contribution in [1.29, 1.82) is 0 Å². The van der Waals surface area contributed by atoms with Crippen molar-refractivity contribution in [3.63, 3.8) is 0 Å². The standard InChI is InChI=1S/C16H21N3O2/c1-5-14-18-15(10-16(19-14)21-4)17-11(2)12-6-8-13(20-3)9-7-12/h6-11H,5H2,1-4H3,(H,17,18,19). The Kier molecular flexibility index (Phi) is 4.98. The normalized spacial score (nSPS) is 11.8. The summed E-state index contributed by atoms with van der Waals surface area (Å²) >= 11 is 0. The molecular formula is C16H21N3O2. The zero-order valence-corrected chi connectivity index (χ0v) is 12.9. The molecule has 0 aliphatic carbocycles. The van der Waals surface area contributed by atoms with Gasteiger partial charge in [-0.1, -0.05) is 19.1 Å². The van der Waals surface area contributed by atoms with Gasteiger partial charge in [-0.3, -0.25) is 0 Å². The smallest absolute Gasteiger partial charge is 0.218 e. The molecule has 0 amide bonds. The average molecular weight is 287 g/mol. The van der Waals surface area contributed by atoms with Crippen LogP contribution in [-0.2, 0) is 6.42 Å². The van der Waals surface area contributed by atoms with E-state index in [0.29, 0.717) is 5.88 Å². The van der Waals surface area contributed by atoms with Crippen LogP contribution in [0.2, 0.25) is 0 Å². The second-order valence-corrected chi connectivity index (χ2v) is 4.70. The molecule has 1 atom stereocenters. The summed E-state index contributed by atoms with van der Waals surface area (Å²) in [7, 11) is 3.27. The summed E-state index contributed by atoms with van der Waals surface area (Å²) in [6, 6.07) is 9.90. The molecule has 112 valence electrons. The van der Waals surface area contributed by atoms with Crippen LogP contribution in [0.3, 0.4) is 0 Å². The van der Waals surface area contributed by atoms with Gasteiger partial charge in [0.25, 0.3) is 0 Å². The molecule has 0 aliphatic heterocycles. The number of aromatic nitrogens is 2. The number of benzene rings is 1. The van der Waals surface area contributed by atoms with Crippen LogP contribution in [0.5, 0.6) is 11.6 Å². The van der Waals surface area contributed by atoms with Crippen LogP contribution in [0.25, 0.3) is 0 Å². The first kappa shape index (κ1) is 15.1. The van der Waals surface area contributed by atoms with E-state index < -0.39 is 0 Å². The molecule has 2 rings (SSSR count). The van der Waals surface area contributed by atoms with Crippen LogP contribution in [-0.4, -0.2) is 24.2 Å². The van der Waals surface area contributed by atoms with Gasteiger partial charge in [0.05, 0.1) is 14.2 Å². The lowest BCUT2D eigenvalue weighted by molar-refractivity contribution is 0.395. The molecule has 5 nitrogen and oxygen atoms in total. The summed E-state index contributed by atoms with van der Waals surface area (Å²) < 4.78 is 10.4. The summed E-state index contributed by atoms with van der Waals surface area (Å²) in [6.45, 7) is 4.10. The Balaban J connectivity index is 2.15. The fourth-order valence-corrected chi connectivity index (χ4v) is 2.01. The predicted octanol–water partition coefficient (Wildman–Crippen LogP) is 3.23. The van der Waals surface area contributed by atoms with Crippen molar-refractivity contribution in [2.75, 3.05) is 19.5 Å². The molecule has 21 heavy (non-hydrogen) atoms. The molecule has 2 aromatic rings. The van der Waals surface area contributed by atoms with E-state index in [1.54, 1.807) is 20.3 Å². The number of anilines is 1. The summed E-state index contributed by atoms with van der Waals surface area (Å²) in [5.74, 6) is 2.95. The largest absolute Gasteiger partial charge is 0.497 e. The molecule has 0 aliphatic rings. The molecule has 1 aromatic carbocycles. The lowest BCUT2D eigenvalue weighted by Gasteiger charge is -2.16. The first-order chi connectivity index (χ1) is 10.2. The molecule has 0 saturated carbocycles. The van der Waals surface area contributed by atoms with E-state index in [1.807, 2.05) is 31.2 Å². The quantitative estimate of drug-likeness (QED) is 0.884. The summed E-state index contributed by atoms with van der Waals surface area (Å²) in [6.07, 6.45) is 0.767. The van der Waals surface area contributed by atoms with Crippen LogP contribution in [0.1, 0.15) is 31.3 Å². The highest BCUT2D eigenvalue weighted by atomic mass is 16.5. The Labute approximate surface area is 125 Å². The van der Waals surface area contributed by atoms with Crippen LogP contribution in [0.15, 0.2) is 30.3 Å². The number of ether oxygens (including phenoxy) is 2. The Morgan fingerprint density at radius 1 is 1.10 bits per heavy atom. The van der Waals surface area contributed by atoms with Gasteiger partial charge >= 0.3 is 0 Å². The second-order valence-electron chi connectivity index (χ2n) is 4.70. The topological polar surface area (TPSA) is 56.3 Å². The van der Waals surface area contributed by atoms with Gasteiger partial charge in [0, 0.05) is 18.5 Å². The molecule has 0 bridgehead atoms. The fourth-order valence-electron chi connectivity index (χ4n) is 2.01. The zero-order chi connectivity index (χ0) is 15.2. The third-order valence-corrected chi connectivity index (χ3v) is 3.25. The molecule has 5 heteroatoms. The Morgan fingerprint density at radius 3 is 2.38 bits per heavy atom. The monoisotopic (exact) mass is 287 g/mol. The Bertz CT molecular complexity index is 562. The molecule has 0 fully saturated rings. The molecule has 0 saturated heterocycles. The maximum absolute atomic E-state index is 5.21. The van der Waals surface area contributed by atoms with Crippen LogP contribution < -0.4 is 14.8 Å². The van der Waals surface area contributed by atoms with Crippen molar-refractivity contribution < 1.29 is 9.47 Å². The van der Waals surface area contributed by atoms with Crippen molar-refractivity contribution >= 4 is 5.82 Å². The molecule has 1 aromatic heterocycles. The van der Waals surface area contributed by atoms with Crippen molar-refractivity contribution in [2.45, 2.75) is 26.3 Å². The number of hydrogen-bond acceptors (Lipinski definition) is 5. The number of hydrogen-bond donors (Lipinski definition) is 1. The minimum atomic E-state index is 0.125. The van der Waals surface area contributed by atoms with Gasteiger partial charge in [-0.2, -0.15) is 4.98 Å². The van der Waals surface area contributed by atoms with E-state index in [0.717, 1.165) is 29.4 Å². The van der Waals surface area contributed by atoms with Crippen LogP contribution in [0.4, 0.5) is 5.82 Å². The van der Waals surface area contributed by atoms with Gasteiger partial charge in [-0.25, -0.2) is 4.98 Å². The van der Waals surface area contributed by atoms with Crippen LogP contribution >= 0.6 is 0 Å². The minimum absolute atomic E-state index is 0.125. The third kappa shape index (κ3) is 3.84. The first-order valence-corrected chi connectivity index (χ1v) is 6.98. The molecule has 1 unspecified atom stereocenters. The second kappa shape index (κ2) is 6.92. The molecule has 1 heterocycles. The number of methoxy groups -OCH3 is 2. The van der Waals surface area contributed by atoms with E-state index in [4.69, 9.17) is 9.47 Å². The third-order valence-electron chi connectivity index (χ3n) is 3.25. The number of nitrogens with zero attached hydrogens (tertiary/aromatic N) is 2. The van der Waals surface area contributed by atoms with Gasteiger partial charge in [0.15, 0.2) is 0 Å². The lowest BCUT2D eigenvalue weighted by atomic mass is 10.1. The van der Waals surface area contributed by atoms with E-state index in [-0.39, 0.29) is 6.04 Å². The summed E-state index contributed by atoms with van der Waals surface area (Å²) in [4.78, 5) is 8.76. The molecular weight excluding hydrogens is 266 g/mol. The van der Waals surface area contributed by atoms with Crippen molar-refractivity contribution in [3.05, 3.63) is 41.7 Å². The highest BCUT2D eigenvalue weighted by Gasteiger charge is 2.09. The maximum atomic E-state index is 5.21. The van der Waals surface area contributed by atoms with Gasteiger partial charge in [0.2, 0.25) is 5.88 Å². The Morgan fingerprint density at radius 2 is 1.81 bits per heavy atom. The molecule has 1 N–H and O–H groups in total. The maximum Gasteiger partial charge on any atom is 0.218 e. The summed E-state index contributed by atoms with van der Waals surface area (Å²) in [5.41, 5.74) is 1.16. The molecule has 0 radical (unpaired) electrons. The van der Waals surface area contributed by atoms with Crippen molar-refractivity contribution in [1.82, 2.24) is 9.97 Å². The SMILES string of the molecule is CCc1nc(NC(C)c2ccc(OC)cc2)cc(OC)n1. The highest BCUT2D eigenvalue weighted by Crippen LogP contribution is 2.22. The van der Waals surface area contributed by atoms with Gasteiger partial charge in [-0.15, -0.1) is 0 Å². The minimum Gasteiger partial charge on any atom is -0.497 e. The van der Waals surface area contributed by atoms with E-state index in [1.165, 1.54) is 0 Å². The van der Waals surface area contributed by atoms with Crippen molar-refractivity contribution in [3.8, 4) is 11.6 Å². The highest BCUT2D eigenvalue weighted by molar-refractivity contribution is 5.42. The van der Waals surface area contributed by atoms with Gasteiger partial charge in [0.1, 0.15) is 17.4 Å². The Hall–Kier alpha value is -2.30. The first-order valence-electron chi connectivity index (χ1n) is 6.98. The van der Waals surface area contributed by atoms with Crippen molar-refractivity contribution in [2.24, 2.45) is 0 Å². The zero-order valence-electron chi connectivity index (χ0n) is 12.9. The summed E-state index contributed by atoms with van der Waals surface area (Å²) in [5, 5.41) is 3.37. The van der Waals surface area contributed by atoms with E-state index in [2.05, 4.69) is 22.2 Å². The van der Waals surface area contributed by atoms with Crippen LogP contribution in [0, 0.1) is 0 Å². The van der Waals surface area contributed by atoms with E-state index in [9.17, 15) is 0 Å². The number of aryl methyl sites for hydroxylation is 1. The van der Waals surface area contributed by atoms with Gasteiger partial charge < -0.3 is 14.8 Å². The predicted molar refractivity (Wildman–Crippen MR) is 83.0 cm³/mol. The fraction of sp³-hybridized carbons (Fsp3) is 0.375. The lowest BCUT2D eigenvalue weighted by Crippen LogP contribution is -2.10.